The Morgan fingerprint density at radius 1 is 1.32 bits per heavy atom. The molecular weight excluding hydrogens is 238 g/mol. The largest absolute Gasteiger partial charge is 0.445 e. The van der Waals surface area contributed by atoms with Crippen LogP contribution in [0.25, 0.3) is 0 Å². The van der Waals surface area contributed by atoms with E-state index in [1.807, 2.05) is 43.3 Å². The summed E-state index contributed by atoms with van der Waals surface area (Å²) in [6.07, 6.45) is 1.50. The summed E-state index contributed by atoms with van der Waals surface area (Å²) < 4.78 is 5.19. The number of hydrogen-bond acceptors (Lipinski definition) is 2. The normalized spacial score (nSPS) is 13.7. The molecule has 0 aliphatic rings. The molecule has 0 fully saturated rings. The number of amides is 1. The highest BCUT2D eigenvalue weighted by Crippen LogP contribution is 2.16. The third kappa shape index (κ3) is 5.16. The minimum absolute atomic E-state index is 0.0146. The van der Waals surface area contributed by atoms with Crippen LogP contribution in [-0.4, -0.2) is 12.1 Å². The van der Waals surface area contributed by atoms with Crippen molar-refractivity contribution in [2.75, 3.05) is 0 Å². The number of alkyl carbamates (subject to hydrolysis) is 1. The zero-order valence-electron chi connectivity index (χ0n) is 11.9. The molecule has 1 rings (SSSR count). The first-order valence-corrected chi connectivity index (χ1v) is 6.64. The molecule has 3 heteroatoms. The molecule has 104 valence electrons. The van der Waals surface area contributed by atoms with Crippen molar-refractivity contribution in [2.45, 2.75) is 33.4 Å². The van der Waals surface area contributed by atoms with Crippen LogP contribution >= 0.6 is 0 Å². The summed E-state index contributed by atoms with van der Waals surface area (Å²) in [6.45, 7) is 10.3. The first kappa shape index (κ1) is 15.3. The first-order chi connectivity index (χ1) is 9.04. The van der Waals surface area contributed by atoms with E-state index in [4.69, 9.17) is 4.74 Å². The number of benzene rings is 1. The smallest absolute Gasteiger partial charge is 0.407 e. The van der Waals surface area contributed by atoms with Gasteiger partial charge < -0.3 is 10.1 Å². The molecule has 1 aromatic carbocycles. The lowest BCUT2D eigenvalue weighted by molar-refractivity contribution is 0.132. The van der Waals surface area contributed by atoms with Crippen LogP contribution in [-0.2, 0) is 11.3 Å². The molecule has 0 heterocycles. The molecule has 1 unspecified atom stereocenters. The summed E-state index contributed by atoms with van der Waals surface area (Å²) in [4.78, 5) is 11.7. The van der Waals surface area contributed by atoms with Crippen LogP contribution in [0.2, 0.25) is 0 Å². The predicted octanol–water partition coefficient (Wildman–Crippen LogP) is 3.76. The van der Waals surface area contributed by atoms with E-state index in [-0.39, 0.29) is 18.1 Å². The Hall–Kier alpha value is -1.77. The third-order valence-corrected chi connectivity index (χ3v) is 3.18. The molecule has 1 aromatic rings. The number of carbonyl (C=O) groups excluding carboxylic acids is 1. The topological polar surface area (TPSA) is 38.3 Å². The third-order valence-electron chi connectivity index (χ3n) is 3.18. The van der Waals surface area contributed by atoms with Crippen molar-refractivity contribution in [3.05, 3.63) is 48.6 Å². The van der Waals surface area contributed by atoms with E-state index in [1.165, 1.54) is 0 Å². The SMILES string of the molecule is C=C[C@H](C(C)C)C(C)NC(=O)OCc1ccccc1. The lowest BCUT2D eigenvalue weighted by Gasteiger charge is -2.24. The van der Waals surface area contributed by atoms with Gasteiger partial charge in [-0.25, -0.2) is 4.79 Å². The van der Waals surface area contributed by atoms with Crippen molar-refractivity contribution in [1.29, 1.82) is 0 Å². The molecule has 1 amide bonds. The second-order valence-electron chi connectivity index (χ2n) is 5.05. The van der Waals surface area contributed by atoms with E-state index in [1.54, 1.807) is 0 Å². The number of carbonyl (C=O) groups is 1. The van der Waals surface area contributed by atoms with Gasteiger partial charge in [-0.15, -0.1) is 6.58 Å². The zero-order chi connectivity index (χ0) is 14.3. The van der Waals surface area contributed by atoms with E-state index in [0.29, 0.717) is 12.5 Å². The van der Waals surface area contributed by atoms with Gasteiger partial charge in [0.1, 0.15) is 6.61 Å². The van der Waals surface area contributed by atoms with Crippen LogP contribution in [0.5, 0.6) is 0 Å². The van der Waals surface area contributed by atoms with Gasteiger partial charge in [-0.05, 0) is 24.3 Å². The second-order valence-corrected chi connectivity index (χ2v) is 5.05. The Labute approximate surface area is 115 Å². The molecule has 0 aromatic heterocycles. The fourth-order valence-corrected chi connectivity index (χ4v) is 2.10. The van der Waals surface area contributed by atoms with Gasteiger partial charge in [-0.3, -0.25) is 0 Å². The number of hydrogen-bond donors (Lipinski definition) is 1. The van der Waals surface area contributed by atoms with Crippen molar-refractivity contribution < 1.29 is 9.53 Å². The average Bonchev–Trinajstić information content (AvgIpc) is 2.38. The number of ether oxygens (including phenoxy) is 1. The summed E-state index contributed by atoms with van der Waals surface area (Å²) >= 11 is 0. The minimum atomic E-state index is -0.385. The molecule has 0 aliphatic carbocycles. The van der Waals surface area contributed by atoms with Crippen LogP contribution in [0.3, 0.4) is 0 Å². The van der Waals surface area contributed by atoms with E-state index in [2.05, 4.69) is 25.7 Å². The molecule has 2 atom stereocenters. The maximum atomic E-state index is 11.7. The van der Waals surface area contributed by atoms with Gasteiger partial charge in [0.25, 0.3) is 0 Å². The van der Waals surface area contributed by atoms with Crippen LogP contribution in [0.15, 0.2) is 43.0 Å². The van der Waals surface area contributed by atoms with E-state index in [0.717, 1.165) is 5.56 Å². The molecule has 0 saturated carbocycles. The number of rotatable bonds is 6. The number of nitrogens with one attached hydrogen (secondary N) is 1. The Morgan fingerprint density at radius 3 is 2.47 bits per heavy atom. The van der Waals surface area contributed by atoms with Crippen molar-refractivity contribution in [2.24, 2.45) is 11.8 Å². The fourth-order valence-electron chi connectivity index (χ4n) is 2.10. The molecule has 0 aliphatic heterocycles. The van der Waals surface area contributed by atoms with Crippen LogP contribution in [0.4, 0.5) is 4.79 Å². The monoisotopic (exact) mass is 261 g/mol. The minimum Gasteiger partial charge on any atom is -0.445 e. The highest BCUT2D eigenvalue weighted by Gasteiger charge is 2.19. The lowest BCUT2D eigenvalue weighted by Crippen LogP contribution is -2.39. The summed E-state index contributed by atoms with van der Waals surface area (Å²) in [5.74, 6) is 0.672. The standard InChI is InChI=1S/C16H23NO2/c1-5-15(12(2)3)13(4)17-16(18)19-11-14-9-7-6-8-10-14/h5-10,12-13,15H,1,11H2,2-4H3,(H,17,18)/t13?,15-/m1/s1. The Kier molecular flexibility index (Phi) is 6.13. The van der Waals surface area contributed by atoms with Crippen LogP contribution < -0.4 is 5.32 Å². The predicted molar refractivity (Wildman–Crippen MR) is 77.7 cm³/mol. The van der Waals surface area contributed by atoms with E-state index < -0.39 is 0 Å². The lowest BCUT2D eigenvalue weighted by atomic mass is 9.90. The first-order valence-electron chi connectivity index (χ1n) is 6.64. The Morgan fingerprint density at radius 2 is 1.95 bits per heavy atom. The van der Waals surface area contributed by atoms with Crippen molar-refractivity contribution >= 4 is 6.09 Å². The summed E-state index contributed by atoms with van der Waals surface area (Å²) in [6, 6.07) is 9.65. The summed E-state index contributed by atoms with van der Waals surface area (Å²) in [5.41, 5.74) is 0.981. The van der Waals surface area contributed by atoms with E-state index >= 15 is 0 Å². The Bertz CT molecular complexity index is 400. The molecule has 0 radical (unpaired) electrons. The van der Waals surface area contributed by atoms with Gasteiger partial charge >= 0.3 is 6.09 Å². The average molecular weight is 261 g/mol. The molecule has 3 nitrogen and oxygen atoms in total. The van der Waals surface area contributed by atoms with Crippen molar-refractivity contribution in [3.63, 3.8) is 0 Å². The fraction of sp³-hybridized carbons (Fsp3) is 0.438. The molecule has 0 saturated heterocycles. The van der Waals surface area contributed by atoms with E-state index in [9.17, 15) is 4.79 Å². The molecule has 0 spiro atoms. The quantitative estimate of drug-likeness (QED) is 0.792. The maximum absolute atomic E-state index is 11.7. The van der Waals surface area contributed by atoms with Gasteiger partial charge in [0.05, 0.1) is 0 Å². The van der Waals surface area contributed by atoms with Gasteiger partial charge in [0.15, 0.2) is 0 Å². The Balaban J connectivity index is 2.40. The second kappa shape index (κ2) is 7.62. The van der Waals surface area contributed by atoms with Gasteiger partial charge in [0, 0.05) is 6.04 Å². The van der Waals surface area contributed by atoms with Crippen molar-refractivity contribution in [3.8, 4) is 0 Å². The molecule has 19 heavy (non-hydrogen) atoms. The van der Waals surface area contributed by atoms with Gasteiger partial charge in [0.2, 0.25) is 0 Å². The highest BCUT2D eigenvalue weighted by molar-refractivity contribution is 5.67. The van der Waals surface area contributed by atoms with Crippen LogP contribution in [0, 0.1) is 11.8 Å². The summed E-state index contributed by atoms with van der Waals surface area (Å²) in [7, 11) is 0. The molecule has 0 bridgehead atoms. The van der Waals surface area contributed by atoms with Gasteiger partial charge in [-0.1, -0.05) is 50.3 Å². The van der Waals surface area contributed by atoms with Crippen LogP contribution in [0.1, 0.15) is 26.3 Å². The molecule has 1 N–H and O–H groups in total. The maximum Gasteiger partial charge on any atom is 0.407 e. The van der Waals surface area contributed by atoms with Gasteiger partial charge in [-0.2, -0.15) is 0 Å². The highest BCUT2D eigenvalue weighted by atomic mass is 16.5. The van der Waals surface area contributed by atoms with Crippen molar-refractivity contribution in [1.82, 2.24) is 5.32 Å². The zero-order valence-corrected chi connectivity index (χ0v) is 11.9. The molecular formula is C16H23NO2. The summed E-state index contributed by atoms with van der Waals surface area (Å²) in [5, 5.41) is 2.85.